The fourth-order valence-corrected chi connectivity index (χ4v) is 1.76. The summed E-state index contributed by atoms with van der Waals surface area (Å²) < 4.78 is 5.10. The Labute approximate surface area is 122 Å². The number of carbonyl (C=O) groups is 1. The van der Waals surface area contributed by atoms with Crippen molar-refractivity contribution in [2.75, 3.05) is 12.4 Å². The molecule has 2 aromatic rings. The van der Waals surface area contributed by atoms with Crippen LogP contribution in [0, 0.1) is 0 Å². The molecular weight excluding hydrogens is 273 g/mol. The molecule has 0 aliphatic rings. The van der Waals surface area contributed by atoms with Crippen LogP contribution in [-0.2, 0) is 4.79 Å². The minimum Gasteiger partial charge on any atom is -0.497 e. The Hall–Kier alpha value is -2.26. The standard InChI is InChI=1S/C16H14ClNO2/c1-20-15-4-2-3-14(11-15)18-16(19)10-7-12-5-8-13(17)9-6-12/h2-11H,1H3,(H,18,19)/b10-7+/i1-1. The lowest BCUT2D eigenvalue weighted by atomic mass is 10.2. The first-order chi connectivity index (χ1) is 9.67. The highest BCUT2D eigenvalue weighted by Gasteiger charge is 1.99. The van der Waals surface area contributed by atoms with Gasteiger partial charge < -0.3 is 10.1 Å². The van der Waals surface area contributed by atoms with E-state index in [4.69, 9.17) is 16.3 Å². The maximum Gasteiger partial charge on any atom is 0.248 e. The average molecular weight is 287 g/mol. The second-order valence-electron chi connectivity index (χ2n) is 4.11. The molecule has 0 spiro atoms. The first-order valence-corrected chi connectivity index (χ1v) is 6.44. The molecule has 2 aromatic carbocycles. The van der Waals surface area contributed by atoms with E-state index in [0.717, 1.165) is 5.56 Å². The monoisotopic (exact) mass is 286 g/mol. The number of rotatable bonds is 4. The lowest BCUT2D eigenvalue weighted by Gasteiger charge is -2.04. The van der Waals surface area contributed by atoms with Gasteiger partial charge in [0.2, 0.25) is 5.91 Å². The highest BCUT2D eigenvalue weighted by molar-refractivity contribution is 6.30. The zero-order valence-electron chi connectivity index (χ0n) is 11.0. The Morgan fingerprint density at radius 3 is 2.65 bits per heavy atom. The van der Waals surface area contributed by atoms with Crippen LogP contribution >= 0.6 is 11.6 Å². The van der Waals surface area contributed by atoms with Crippen LogP contribution in [0.3, 0.4) is 0 Å². The SMILES string of the molecule is [11CH3]Oc1cccc(NC(=O)/C=C/c2ccc(Cl)cc2)c1. The van der Waals surface area contributed by atoms with Crippen molar-refractivity contribution in [3.8, 4) is 5.75 Å². The Morgan fingerprint density at radius 1 is 1.20 bits per heavy atom. The summed E-state index contributed by atoms with van der Waals surface area (Å²) in [6.07, 6.45) is 3.20. The summed E-state index contributed by atoms with van der Waals surface area (Å²) in [5.74, 6) is 0.498. The largest absolute Gasteiger partial charge is 0.497 e. The molecule has 102 valence electrons. The first kappa shape index (κ1) is 14.2. The number of ether oxygens (including phenoxy) is 1. The fraction of sp³-hybridized carbons (Fsp3) is 0.0625. The van der Waals surface area contributed by atoms with Gasteiger partial charge in [-0.25, -0.2) is 0 Å². The molecule has 0 fully saturated rings. The molecule has 4 heteroatoms. The third kappa shape index (κ3) is 4.14. The van der Waals surface area contributed by atoms with Crippen molar-refractivity contribution in [2.45, 2.75) is 0 Å². The van der Waals surface area contributed by atoms with Crippen LogP contribution in [0.25, 0.3) is 6.08 Å². The van der Waals surface area contributed by atoms with Gasteiger partial charge in [0.05, 0.1) is 7.11 Å². The third-order valence-electron chi connectivity index (χ3n) is 2.63. The first-order valence-electron chi connectivity index (χ1n) is 6.06. The molecule has 0 aromatic heterocycles. The van der Waals surface area contributed by atoms with Gasteiger partial charge >= 0.3 is 0 Å². The van der Waals surface area contributed by atoms with Crippen LogP contribution in [0.15, 0.2) is 54.6 Å². The molecule has 0 radical (unpaired) electrons. The lowest BCUT2D eigenvalue weighted by molar-refractivity contribution is -0.111. The van der Waals surface area contributed by atoms with E-state index in [0.29, 0.717) is 16.5 Å². The van der Waals surface area contributed by atoms with Crippen molar-refractivity contribution in [3.05, 3.63) is 65.2 Å². The molecule has 3 nitrogen and oxygen atoms in total. The van der Waals surface area contributed by atoms with Gasteiger partial charge in [0, 0.05) is 22.9 Å². The van der Waals surface area contributed by atoms with E-state index in [2.05, 4.69) is 5.32 Å². The Morgan fingerprint density at radius 2 is 1.95 bits per heavy atom. The van der Waals surface area contributed by atoms with Crippen molar-refractivity contribution in [1.29, 1.82) is 0 Å². The molecule has 0 bridgehead atoms. The number of hydrogen-bond donors (Lipinski definition) is 1. The van der Waals surface area contributed by atoms with E-state index in [1.54, 1.807) is 37.5 Å². The molecule has 1 N–H and O–H groups in total. The van der Waals surface area contributed by atoms with Gasteiger partial charge in [-0.1, -0.05) is 29.8 Å². The summed E-state index contributed by atoms with van der Waals surface area (Å²) in [6, 6.07) is 14.4. The van der Waals surface area contributed by atoms with Crippen molar-refractivity contribution in [2.24, 2.45) is 0 Å². The quantitative estimate of drug-likeness (QED) is 0.863. The van der Waals surface area contributed by atoms with Crippen molar-refractivity contribution < 1.29 is 9.53 Å². The van der Waals surface area contributed by atoms with Crippen LogP contribution in [0.1, 0.15) is 5.56 Å². The van der Waals surface area contributed by atoms with Crippen molar-refractivity contribution in [3.63, 3.8) is 0 Å². The normalized spacial score (nSPS) is 10.5. The Balaban J connectivity index is 1.99. The predicted octanol–water partition coefficient (Wildman–Crippen LogP) is 4.00. The molecular formula is C16H14ClNO2. The highest BCUT2D eigenvalue weighted by atomic mass is 35.5. The molecule has 1 amide bonds. The zero-order chi connectivity index (χ0) is 14.4. The fourth-order valence-electron chi connectivity index (χ4n) is 1.63. The summed E-state index contributed by atoms with van der Waals surface area (Å²) in [5.41, 5.74) is 1.60. The number of carbonyl (C=O) groups excluding carboxylic acids is 1. The van der Waals surface area contributed by atoms with Crippen molar-refractivity contribution in [1.82, 2.24) is 0 Å². The number of halogens is 1. The summed E-state index contributed by atoms with van der Waals surface area (Å²) in [6.45, 7) is 0. The topological polar surface area (TPSA) is 38.3 Å². The molecule has 0 saturated carbocycles. The Kier molecular flexibility index (Phi) is 4.80. The van der Waals surface area contributed by atoms with E-state index in [1.165, 1.54) is 6.08 Å². The van der Waals surface area contributed by atoms with Gasteiger partial charge in [0.1, 0.15) is 5.75 Å². The van der Waals surface area contributed by atoms with Crippen LogP contribution < -0.4 is 10.1 Å². The molecule has 0 saturated heterocycles. The van der Waals surface area contributed by atoms with Gasteiger partial charge in [-0.15, -0.1) is 0 Å². The van der Waals surface area contributed by atoms with Crippen LogP contribution in [0.5, 0.6) is 5.75 Å². The van der Waals surface area contributed by atoms with Gasteiger partial charge in [0.25, 0.3) is 0 Å². The van der Waals surface area contributed by atoms with E-state index in [1.807, 2.05) is 24.3 Å². The van der Waals surface area contributed by atoms with Gasteiger partial charge in [-0.05, 0) is 35.9 Å². The Bertz CT molecular complexity index is 621. The van der Waals surface area contributed by atoms with Crippen LogP contribution in [0.4, 0.5) is 5.69 Å². The third-order valence-corrected chi connectivity index (χ3v) is 2.89. The second-order valence-corrected chi connectivity index (χ2v) is 4.54. The maximum atomic E-state index is 11.8. The average Bonchev–Trinajstić information content (AvgIpc) is 2.47. The minimum absolute atomic E-state index is 0.201. The summed E-state index contributed by atoms with van der Waals surface area (Å²) in [7, 11) is 1.58. The number of anilines is 1. The lowest BCUT2D eigenvalue weighted by Crippen LogP contribution is -2.07. The summed E-state index contributed by atoms with van der Waals surface area (Å²) >= 11 is 5.80. The second kappa shape index (κ2) is 6.78. The molecule has 0 heterocycles. The number of amides is 1. The minimum atomic E-state index is -0.201. The van der Waals surface area contributed by atoms with E-state index in [9.17, 15) is 4.79 Å². The molecule has 0 aliphatic heterocycles. The van der Waals surface area contributed by atoms with Gasteiger partial charge in [-0.2, -0.15) is 0 Å². The van der Waals surface area contributed by atoms with Gasteiger partial charge in [0.15, 0.2) is 0 Å². The highest BCUT2D eigenvalue weighted by Crippen LogP contribution is 2.16. The molecule has 0 aliphatic carbocycles. The smallest absolute Gasteiger partial charge is 0.248 e. The predicted molar refractivity (Wildman–Crippen MR) is 82.1 cm³/mol. The summed E-state index contributed by atoms with van der Waals surface area (Å²) in [4.78, 5) is 11.8. The van der Waals surface area contributed by atoms with E-state index in [-0.39, 0.29) is 5.91 Å². The number of nitrogens with one attached hydrogen (secondary N) is 1. The van der Waals surface area contributed by atoms with E-state index >= 15 is 0 Å². The molecule has 2 rings (SSSR count). The molecule has 20 heavy (non-hydrogen) atoms. The number of benzene rings is 2. The van der Waals surface area contributed by atoms with Crippen LogP contribution in [0.2, 0.25) is 5.02 Å². The maximum absolute atomic E-state index is 11.8. The van der Waals surface area contributed by atoms with Crippen molar-refractivity contribution >= 4 is 29.3 Å². The van der Waals surface area contributed by atoms with E-state index < -0.39 is 0 Å². The number of methoxy groups -OCH3 is 1. The zero-order valence-corrected chi connectivity index (χ0v) is 11.7. The molecule has 0 unspecified atom stereocenters. The van der Waals surface area contributed by atoms with Crippen LogP contribution in [-0.4, -0.2) is 13.0 Å². The van der Waals surface area contributed by atoms with Gasteiger partial charge in [-0.3, -0.25) is 4.79 Å². The number of hydrogen-bond acceptors (Lipinski definition) is 2. The molecule has 0 atom stereocenters. The summed E-state index contributed by atoms with van der Waals surface area (Å²) in [5, 5.41) is 3.44.